The molecular formula is C16H24N6O. The fourth-order valence-corrected chi connectivity index (χ4v) is 3.18. The fraction of sp³-hybridized carbons (Fsp3) is 0.562. The Morgan fingerprint density at radius 3 is 2.74 bits per heavy atom. The second kappa shape index (κ2) is 6.16. The lowest BCUT2D eigenvalue weighted by molar-refractivity contribution is 0.0528. The molecule has 0 bridgehead atoms. The minimum atomic E-state index is 0.0715. The van der Waals surface area contributed by atoms with Crippen LogP contribution in [-0.4, -0.2) is 61.7 Å². The van der Waals surface area contributed by atoms with Crippen molar-refractivity contribution in [1.82, 2.24) is 29.1 Å². The second-order valence-electron chi connectivity index (χ2n) is 6.16. The van der Waals surface area contributed by atoms with E-state index in [0.717, 1.165) is 36.6 Å². The maximum atomic E-state index is 12.9. The number of aromatic nitrogens is 4. The van der Waals surface area contributed by atoms with Crippen molar-refractivity contribution >= 4 is 5.91 Å². The number of hydrogen-bond donors (Lipinski definition) is 0. The molecule has 7 heteroatoms. The number of carbonyl (C=O) groups excluding carboxylic acids is 1. The van der Waals surface area contributed by atoms with Gasteiger partial charge in [0.2, 0.25) is 0 Å². The highest BCUT2D eigenvalue weighted by atomic mass is 16.2. The molecule has 0 N–H and O–H groups in total. The quantitative estimate of drug-likeness (QED) is 0.842. The van der Waals surface area contributed by atoms with Crippen molar-refractivity contribution in [1.29, 1.82) is 0 Å². The molecule has 0 aromatic carbocycles. The number of rotatable bonds is 3. The van der Waals surface area contributed by atoms with Gasteiger partial charge in [0.1, 0.15) is 5.82 Å². The van der Waals surface area contributed by atoms with Gasteiger partial charge in [0.05, 0.1) is 17.3 Å². The van der Waals surface area contributed by atoms with Crippen LogP contribution in [0.25, 0.3) is 0 Å². The van der Waals surface area contributed by atoms with E-state index in [1.165, 1.54) is 0 Å². The predicted octanol–water partition coefficient (Wildman–Crippen LogP) is 0.845. The first-order chi connectivity index (χ1) is 11.0. The molecule has 2 aromatic heterocycles. The zero-order valence-corrected chi connectivity index (χ0v) is 14.2. The third-order valence-corrected chi connectivity index (χ3v) is 4.56. The van der Waals surface area contributed by atoms with Crippen LogP contribution in [0.5, 0.6) is 0 Å². The summed E-state index contributed by atoms with van der Waals surface area (Å²) < 4.78 is 3.75. The third-order valence-electron chi connectivity index (χ3n) is 4.56. The summed E-state index contributed by atoms with van der Waals surface area (Å²) in [5.74, 6) is 1.06. The molecule has 0 saturated carbocycles. The topological polar surface area (TPSA) is 59.2 Å². The van der Waals surface area contributed by atoms with Crippen molar-refractivity contribution in [3.8, 4) is 0 Å². The van der Waals surface area contributed by atoms with Gasteiger partial charge in [-0.05, 0) is 13.5 Å². The first kappa shape index (κ1) is 15.7. The molecule has 124 valence electrons. The average Bonchev–Trinajstić information content (AvgIpc) is 3.12. The smallest absolute Gasteiger partial charge is 0.257 e. The van der Waals surface area contributed by atoms with Gasteiger partial charge in [-0.25, -0.2) is 4.98 Å². The first-order valence-electron chi connectivity index (χ1n) is 8.00. The van der Waals surface area contributed by atoms with Crippen LogP contribution in [0.4, 0.5) is 0 Å². The van der Waals surface area contributed by atoms with Crippen molar-refractivity contribution < 1.29 is 4.79 Å². The summed E-state index contributed by atoms with van der Waals surface area (Å²) in [5, 5.41) is 4.39. The molecule has 1 fully saturated rings. The van der Waals surface area contributed by atoms with Crippen LogP contribution in [0.3, 0.4) is 0 Å². The number of likely N-dealkylation sites (N-methyl/N-ethyl adjacent to an activating group) is 1. The Labute approximate surface area is 136 Å². The summed E-state index contributed by atoms with van der Waals surface area (Å²) in [6.07, 6.45) is 6.34. The monoisotopic (exact) mass is 316 g/mol. The van der Waals surface area contributed by atoms with E-state index in [4.69, 9.17) is 0 Å². The molecule has 3 heterocycles. The van der Waals surface area contributed by atoms with Gasteiger partial charge in [-0.3, -0.25) is 14.4 Å². The summed E-state index contributed by atoms with van der Waals surface area (Å²) in [7, 11) is 5.94. The number of carbonyl (C=O) groups is 1. The van der Waals surface area contributed by atoms with E-state index >= 15 is 0 Å². The zero-order chi connectivity index (χ0) is 16.6. The van der Waals surface area contributed by atoms with Crippen LogP contribution in [0.1, 0.15) is 34.8 Å². The fourth-order valence-electron chi connectivity index (χ4n) is 3.18. The van der Waals surface area contributed by atoms with Gasteiger partial charge in [0.15, 0.2) is 0 Å². The maximum absolute atomic E-state index is 12.9. The molecule has 2 aromatic rings. The van der Waals surface area contributed by atoms with Gasteiger partial charge in [0, 0.05) is 52.3 Å². The molecule has 3 rings (SSSR count). The Morgan fingerprint density at radius 2 is 2.09 bits per heavy atom. The summed E-state index contributed by atoms with van der Waals surface area (Å²) in [6.45, 7) is 4.25. The number of hydrogen-bond acceptors (Lipinski definition) is 4. The second-order valence-corrected chi connectivity index (χ2v) is 6.16. The molecule has 7 nitrogen and oxygen atoms in total. The van der Waals surface area contributed by atoms with Gasteiger partial charge in [-0.15, -0.1) is 0 Å². The Kier molecular flexibility index (Phi) is 4.21. The Morgan fingerprint density at radius 1 is 1.30 bits per heavy atom. The molecule has 0 radical (unpaired) electrons. The average molecular weight is 316 g/mol. The van der Waals surface area contributed by atoms with Gasteiger partial charge in [0.25, 0.3) is 5.91 Å². The van der Waals surface area contributed by atoms with E-state index in [1.807, 2.05) is 42.9 Å². The highest BCUT2D eigenvalue weighted by molar-refractivity contribution is 5.95. The van der Waals surface area contributed by atoms with E-state index in [1.54, 1.807) is 10.9 Å². The van der Waals surface area contributed by atoms with E-state index in [-0.39, 0.29) is 11.9 Å². The summed E-state index contributed by atoms with van der Waals surface area (Å²) in [4.78, 5) is 21.6. The van der Waals surface area contributed by atoms with Crippen LogP contribution in [0.15, 0.2) is 18.6 Å². The van der Waals surface area contributed by atoms with Crippen LogP contribution >= 0.6 is 0 Å². The van der Waals surface area contributed by atoms with Crippen LogP contribution in [-0.2, 0) is 20.5 Å². The number of piperazine rings is 1. The summed E-state index contributed by atoms with van der Waals surface area (Å²) >= 11 is 0. The van der Waals surface area contributed by atoms with Gasteiger partial charge in [-0.2, -0.15) is 5.10 Å². The van der Waals surface area contributed by atoms with Gasteiger partial charge < -0.3 is 9.47 Å². The van der Waals surface area contributed by atoms with Gasteiger partial charge >= 0.3 is 0 Å². The van der Waals surface area contributed by atoms with Gasteiger partial charge in [-0.1, -0.05) is 6.92 Å². The molecule has 0 aliphatic carbocycles. The largest absolute Gasteiger partial charge is 0.337 e. The molecular weight excluding hydrogens is 292 g/mol. The number of amides is 1. The van der Waals surface area contributed by atoms with Crippen molar-refractivity contribution in [3.63, 3.8) is 0 Å². The summed E-state index contributed by atoms with van der Waals surface area (Å²) in [5.41, 5.74) is 1.59. The minimum absolute atomic E-state index is 0.0715. The highest BCUT2D eigenvalue weighted by Crippen LogP contribution is 2.24. The standard InChI is InChI=1S/C16H24N6O/c1-5-13-12(10-21(4)18-13)16(23)22-9-8-19(2)14(11-22)15-17-6-7-20(15)3/h6-7,10,14H,5,8-9,11H2,1-4H3/t14-/m1/s1. The Balaban J connectivity index is 1.83. The predicted molar refractivity (Wildman–Crippen MR) is 87.1 cm³/mol. The minimum Gasteiger partial charge on any atom is -0.337 e. The molecule has 1 amide bonds. The van der Waals surface area contributed by atoms with E-state index < -0.39 is 0 Å². The van der Waals surface area contributed by atoms with E-state index in [0.29, 0.717) is 6.54 Å². The molecule has 0 spiro atoms. The van der Waals surface area contributed by atoms with Crippen molar-refractivity contribution in [2.24, 2.45) is 14.1 Å². The van der Waals surface area contributed by atoms with Crippen LogP contribution < -0.4 is 0 Å². The SMILES string of the molecule is CCc1nn(C)cc1C(=O)N1CCN(C)[C@@H](c2nccn2C)C1. The normalized spacial score (nSPS) is 19.3. The molecule has 1 aliphatic rings. The highest BCUT2D eigenvalue weighted by Gasteiger charge is 2.32. The number of nitrogens with zero attached hydrogens (tertiary/aromatic N) is 6. The van der Waals surface area contributed by atoms with Crippen molar-refractivity contribution in [2.45, 2.75) is 19.4 Å². The first-order valence-corrected chi connectivity index (χ1v) is 8.00. The van der Waals surface area contributed by atoms with Crippen LogP contribution in [0, 0.1) is 0 Å². The molecule has 1 atom stereocenters. The van der Waals surface area contributed by atoms with Crippen molar-refractivity contribution in [2.75, 3.05) is 26.7 Å². The number of imidazole rings is 1. The van der Waals surface area contributed by atoms with Crippen molar-refractivity contribution in [3.05, 3.63) is 35.7 Å². The van der Waals surface area contributed by atoms with E-state index in [2.05, 4.69) is 22.0 Å². The number of aryl methyl sites for hydroxylation is 3. The Hall–Kier alpha value is -2.15. The lowest BCUT2D eigenvalue weighted by atomic mass is 10.1. The third kappa shape index (κ3) is 2.88. The molecule has 1 saturated heterocycles. The molecule has 0 unspecified atom stereocenters. The van der Waals surface area contributed by atoms with Crippen LogP contribution in [0.2, 0.25) is 0 Å². The maximum Gasteiger partial charge on any atom is 0.257 e. The lowest BCUT2D eigenvalue weighted by Gasteiger charge is -2.39. The Bertz CT molecular complexity index is 703. The zero-order valence-electron chi connectivity index (χ0n) is 14.2. The molecule has 1 aliphatic heterocycles. The van der Waals surface area contributed by atoms with E-state index in [9.17, 15) is 4.79 Å². The lowest BCUT2D eigenvalue weighted by Crippen LogP contribution is -2.49. The summed E-state index contributed by atoms with van der Waals surface area (Å²) in [6, 6.07) is 0.120. The molecule has 23 heavy (non-hydrogen) atoms.